The molecule has 2 nitrogen and oxygen atoms in total. The van der Waals surface area contributed by atoms with Crippen LogP contribution in [0, 0.1) is 13.8 Å². The lowest BCUT2D eigenvalue weighted by Crippen LogP contribution is -1.86. The first-order chi connectivity index (χ1) is 10.7. The smallest absolute Gasteiger partial charge is 0.0705 e. The number of rotatable bonds is 1. The summed E-state index contributed by atoms with van der Waals surface area (Å²) in [5, 5.41) is 2.33. The van der Waals surface area contributed by atoms with Crippen molar-refractivity contribution < 1.29 is 0 Å². The number of nitrogens with zero attached hydrogens (tertiary/aromatic N) is 2. The summed E-state index contributed by atoms with van der Waals surface area (Å²) in [4.78, 5) is 9.15. The minimum Gasteiger partial charge on any atom is -0.256 e. The number of benzene rings is 2. The third-order valence-electron chi connectivity index (χ3n) is 4.00. The van der Waals surface area contributed by atoms with Crippen LogP contribution in [0.1, 0.15) is 11.3 Å². The Balaban J connectivity index is 1.87. The average Bonchev–Trinajstić information content (AvgIpc) is 2.54. The van der Waals surface area contributed by atoms with Crippen LogP contribution in [0.15, 0.2) is 60.8 Å². The maximum Gasteiger partial charge on any atom is 0.0705 e. The molecule has 0 unspecified atom stereocenters. The largest absolute Gasteiger partial charge is 0.256 e. The van der Waals surface area contributed by atoms with Gasteiger partial charge in [-0.1, -0.05) is 24.3 Å². The molecular formula is C20H16N2. The van der Waals surface area contributed by atoms with E-state index in [0.29, 0.717) is 0 Å². The molecule has 106 valence electrons. The molecule has 4 rings (SSSR count). The topological polar surface area (TPSA) is 25.8 Å². The normalized spacial score (nSPS) is 11.2. The average molecular weight is 284 g/mol. The molecule has 2 heterocycles. The molecule has 0 saturated heterocycles. The van der Waals surface area contributed by atoms with Crippen LogP contribution in [-0.4, -0.2) is 9.97 Å². The Morgan fingerprint density at radius 2 is 1.45 bits per heavy atom. The molecule has 2 aromatic heterocycles. The highest BCUT2D eigenvalue weighted by molar-refractivity contribution is 5.88. The first kappa shape index (κ1) is 13.0. The molecule has 0 aliphatic carbocycles. The van der Waals surface area contributed by atoms with E-state index in [9.17, 15) is 0 Å². The minimum atomic E-state index is 1.04. The van der Waals surface area contributed by atoms with Crippen LogP contribution in [-0.2, 0) is 0 Å². The van der Waals surface area contributed by atoms with Gasteiger partial charge < -0.3 is 0 Å². The maximum absolute atomic E-state index is 4.60. The molecule has 0 aliphatic rings. The molecule has 0 saturated carbocycles. The minimum absolute atomic E-state index is 1.04. The van der Waals surface area contributed by atoms with Crippen LogP contribution < -0.4 is 0 Å². The number of pyridine rings is 2. The molecule has 0 fully saturated rings. The summed E-state index contributed by atoms with van der Waals surface area (Å²) in [6.45, 7) is 4.11. The SMILES string of the molecule is Cc1ccc2cc(-c3ccc4nc(C)ccc4c3)cnc2c1. The van der Waals surface area contributed by atoms with Gasteiger partial charge in [0.1, 0.15) is 0 Å². The standard InChI is InChI=1S/C20H16N2/c1-13-3-5-17-11-18(12-21-20(17)9-13)15-7-8-19-16(10-15)6-4-14(2)22-19/h3-12H,1-2H3. The van der Waals surface area contributed by atoms with Gasteiger partial charge in [0.2, 0.25) is 0 Å². The summed E-state index contributed by atoms with van der Waals surface area (Å²) in [5.74, 6) is 0. The van der Waals surface area contributed by atoms with E-state index in [-0.39, 0.29) is 0 Å². The fourth-order valence-electron chi connectivity index (χ4n) is 2.80. The molecule has 22 heavy (non-hydrogen) atoms. The second-order valence-corrected chi connectivity index (χ2v) is 5.78. The van der Waals surface area contributed by atoms with Gasteiger partial charge in [0.15, 0.2) is 0 Å². The van der Waals surface area contributed by atoms with E-state index in [0.717, 1.165) is 27.7 Å². The molecule has 0 spiro atoms. The highest BCUT2D eigenvalue weighted by Crippen LogP contribution is 2.26. The monoisotopic (exact) mass is 284 g/mol. The summed E-state index contributed by atoms with van der Waals surface area (Å²) in [5.41, 5.74) is 6.67. The third-order valence-corrected chi connectivity index (χ3v) is 4.00. The molecule has 0 amide bonds. The fraction of sp³-hybridized carbons (Fsp3) is 0.100. The molecular weight excluding hydrogens is 268 g/mol. The van der Waals surface area contributed by atoms with Crippen molar-refractivity contribution in [2.75, 3.05) is 0 Å². The summed E-state index contributed by atoms with van der Waals surface area (Å²) in [6, 6.07) is 19.1. The Morgan fingerprint density at radius 3 is 2.36 bits per heavy atom. The van der Waals surface area contributed by atoms with Gasteiger partial charge in [0.05, 0.1) is 11.0 Å². The molecule has 0 atom stereocenters. The predicted octanol–water partition coefficient (Wildman–Crippen LogP) is 5.07. The van der Waals surface area contributed by atoms with Gasteiger partial charge in [-0.3, -0.25) is 9.97 Å². The Hall–Kier alpha value is -2.74. The van der Waals surface area contributed by atoms with E-state index < -0.39 is 0 Å². The van der Waals surface area contributed by atoms with Gasteiger partial charge in [-0.25, -0.2) is 0 Å². The zero-order valence-electron chi connectivity index (χ0n) is 12.7. The maximum atomic E-state index is 4.60. The highest BCUT2D eigenvalue weighted by Gasteiger charge is 2.03. The van der Waals surface area contributed by atoms with Gasteiger partial charge in [-0.2, -0.15) is 0 Å². The van der Waals surface area contributed by atoms with Crippen LogP contribution in [0.2, 0.25) is 0 Å². The van der Waals surface area contributed by atoms with Crippen molar-refractivity contribution in [3.63, 3.8) is 0 Å². The zero-order valence-corrected chi connectivity index (χ0v) is 12.7. The van der Waals surface area contributed by atoms with Crippen molar-refractivity contribution in [1.29, 1.82) is 0 Å². The molecule has 4 aromatic rings. The lowest BCUT2D eigenvalue weighted by Gasteiger charge is -2.06. The van der Waals surface area contributed by atoms with Gasteiger partial charge >= 0.3 is 0 Å². The van der Waals surface area contributed by atoms with Crippen LogP contribution in [0.3, 0.4) is 0 Å². The molecule has 0 N–H and O–H groups in total. The Labute approximate surface area is 129 Å². The van der Waals surface area contributed by atoms with Gasteiger partial charge in [-0.05, 0) is 55.3 Å². The molecule has 0 bridgehead atoms. The van der Waals surface area contributed by atoms with E-state index in [1.807, 2.05) is 19.2 Å². The van der Waals surface area contributed by atoms with Crippen molar-refractivity contribution in [1.82, 2.24) is 9.97 Å². The number of aryl methyl sites for hydroxylation is 2. The van der Waals surface area contributed by atoms with Crippen LogP contribution in [0.5, 0.6) is 0 Å². The quantitative estimate of drug-likeness (QED) is 0.488. The van der Waals surface area contributed by atoms with Gasteiger partial charge in [0, 0.05) is 28.2 Å². The first-order valence-corrected chi connectivity index (χ1v) is 7.43. The molecule has 0 aliphatic heterocycles. The molecule has 2 aromatic carbocycles. The molecule has 0 radical (unpaired) electrons. The van der Waals surface area contributed by atoms with Crippen molar-refractivity contribution in [2.45, 2.75) is 13.8 Å². The van der Waals surface area contributed by atoms with Crippen molar-refractivity contribution in [3.05, 3.63) is 72.1 Å². The van der Waals surface area contributed by atoms with Crippen molar-refractivity contribution in [3.8, 4) is 11.1 Å². The number of hydrogen-bond acceptors (Lipinski definition) is 2. The van der Waals surface area contributed by atoms with E-state index in [2.05, 4.69) is 65.4 Å². The highest BCUT2D eigenvalue weighted by atomic mass is 14.7. The van der Waals surface area contributed by atoms with Crippen molar-refractivity contribution in [2.24, 2.45) is 0 Å². The summed E-state index contributed by atoms with van der Waals surface area (Å²) in [6.07, 6.45) is 1.95. The van der Waals surface area contributed by atoms with Crippen LogP contribution in [0.25, 0.3) is 32.9 Å². The lowest BCUT2D eigenvalue weighted by atomic mass is 10.0. The fourth-order valence-corrected chi connectivity index (χ4v) is 2.80. The van der Waals surface area contributed by atoms with Gasteiger partial charge in [0.25, 0.3) is 0 Å². The second kappa shape index (κ2) is 4.92. The Bertz CT molecular complexity index is 920. The number of aromatic nitrogens is 2. The van der Waals surface area contributed by atoms with E-state index >= 15 is 0 Å². The van der Waals surface area contributed by atoms with Crippen LogP contribution >= 0.6 is 0 Å². The van der Waals surface area contributed by atoms with E-state index in [1.54, 1.807) is 0 Å². The number of hydrogen-bond donors (Lipinski definition) is 0. The number of fused-ring (bicyclic) bond motifs is 2. The van der Waals surface area contributed by atoms with E-state index in [1.165, 1.54) is 16.5 Å². The predicted molar refractivity (Wildman–Crippen MR) is 92.0 cm³/mol. The van der Waals surface area contributed by atoms with Gasteiger partial charge in [-0.15, -0.1) is 0 Å². The summed E-state index contributed by atoms with van der Waals surface area (Å²) < 4.78 is 0. The zero-order chi connectivity index (χ0) is 15.1. The summed E-state index contributed by atoms with van der Waals surface area (Å²) in [7, 11) is 0. The summed E-state index contributed by atoms with van der Waals surface area (Å²) >= 11 is 0. The first-order valence-electron chi connectivity index (χ1n) is 7.43. The Morgan fingerprint density at radius 1 is 0.682 bits per heavy atom. The third kappa shape index (κ3) is 2.23. The Kier molecular flexibility index (Phi) is 2.90. The molecule has 2 heteroatoms. The van der Waals surface area contributed by atoms with Crippen molar-refractivity contribution >= 4 is 21.8 Å². The van der Waals surface area contributed by atoms with Crippen LogP contribution in [0.4, 0.5) is 0 Å². The van der Waals surface area contributed by atoms with E-state index in [4.69, 9.17) is 0 Å². The second-order valence-electron chi connectivity index (χ2n) is 5.78. The lowest BCUT2D eigenvalue weighted by molar-refractivity contribution is 1.26.